The molecule has 1 aromatic rings. The van der Waals surface area contributed by atoms with E-state index in [0.717, 1.165) is 19.0 Å². The lowest BCUT2D eigenvalue weighted by Gasteiger charge is -2.03. The summed E-state index contributed by atoms with van der Waals surface area (Å²) in [5.74, 6) is -0.367. The fourth-order valence-electron chi connectivity index (χ4n) is 1.26. The zero-order valence-corrected chi connectivity index (χ0v) is 6.42. The van der Waals surface area contributed by atoms with Gasteiger partial charge in [-0.1, -0.05) is 0 Å². The van der Waals surface area contributed by atoms with Crippen LogP contribution >= 0.6 is 0 Å². The summed E-state index contributed by atoms with van der Waals surface area (Å²) in [5, 5.41) is 8.80. The van der Waals surface area contributed by atoms with Gasteiger partial charge in [0.1, 0.15) is 5.82 Å². The molecule has 1 aliphatic rings. The Balaban J connectivity index is 2.42. The Morgan fingerprint density at radius 3 is 2.75 bits per heavy atom. The highest BCUT2D eigenvalue weighted by Crippen LogP contribution is 2.47. The maximum Gasteiger partial charge on any atom is 0.141 e. The summed E-state index contributed by atoms with van der Waals surface area (Å²) >= 11 is 0. The molecule has 60 valence electrons. The Morgan fingerprint density at radius 2 is 2.25 bits per heavy atom. The van der Waals surface area contributed by atoms with Crippen LogP contribution in [0, 0.1) is 17.1 Å². The first-order chi connectivity index (χ1) is 5.77. The first kappa shape index (κ1) is 7.23. The molecule has 0 spiro atoms. The Kier molecular flexibility index (Phi) is 1.37. The topological polar surface area (TPSA) is 36.7 Å². The van der Waals surface area contributed by atoms with Crippen molar-refractivity contribution < 1.29 is 4.39 Å². The fraction of sp³-hybridized carbons (Fsp3) is 0.333. The zero-order valence-electron chi connectivity index (χ0n) is 6.42. The number of hydrogen-bond donors (Lipinski definition) is 0. The molecule has 1 aromatic heterocycles. The van der Waals surface area contributed by atoms with Crippen LogP contribution in [0.2, 0.25) is 0 Å². The SMILES string of the molecule is N#CC1(c2cncc(F)c2)CC1. The Bertz CT molecular complexity index is 350. The van der Waals surface area contributed by atoms with E-state index < -0.39 is 5.41 Å². The summed E-state index contributed by atoms with van der Waals surface area (Å²) in [5.41, 5.74) is 0.291. The lowest BCUT2D eigenvalue weighted by molar-refractivity contribution is 0.616. The molecule has 1 aliphatic carbocycles. The maximum atomic E-state index is 12.7. The van der Waals surface area contributed by atoms with Crippen molar-refractivity contribution in [3.05, 3.63) is 29.8 Å². The summed E-state index contributed by atoms with van der Waals surface area (Å²) in [4.78, 5) is 3.71. The summed E-state index contributed by atoms with van der Waals surface area (Å²) in [6, 6.07) is 3.58. The fourth-order valence-corrected chi connectivity index (χ4v) is 1.26. The summed E-state index contributed by atoms with van der Waals surface area (Å²) in [7, 11) is 0. The van der Waals surface area contributed by atoms with Crippen LogP contribution in [0.1, 0.15) is 18.4 Å². The van der Waals surface area contributed by atoms with Gasteiger partial charge in [-0.15, -0.1) is 0 Å². The maximum absolute atomic E-state index is 12.7. The van der Waals surface area contributed by atoms with E-state index in [2.05, 4.69) is 11.1 Å². The smallest absolute Gasteiger partial charge is 0.141 e. The van der Waals surface area contributed by atoms with E-state index in [0.29, 0.717) is 5.56 Å². The number of pyridine rings is 1. The second-order valence-electron chi connectivity index (χ2n) is 3.09. The quantitative estimate of drug-likeness (QED) is 0.631. The van der Waals surface area contributed by atoms with Crippen LogP contribution in [0.4, 0.5) is 4.39 Å². The molecule has 0 aliphatic heterocycles. The van der Waals surface area contributed by atoms with E-state index in [1.807, 2.05) is 0 Å². The molecule has 0 atom stereocenters. The van der Waals surface area contributed by atoms with E-state index in [4.69, 9.17) is 5.26 Å². The van der Waals surface area contributed by atoms with Gasteiger partial charge in [-0.3, -0.25) is 4.98 Å². The van der Waals surface area contributed by atoms with Crippen molar-refractivity contribution in [2.24, 2.45) is 0 Å². The van der Waals surface area contributed by atoms with Gasteiger partial charge in [0.25, 0.3) is 0 Å². The molecule has 0 aromatic carbocycles. The Hall–Kier alpha value is -1.43. The van der Waals surface area contributed by atoms with Crippen molar-refractivity contribution in [2.45, 2.75) is 18.3 Å². The molecule has 12 heavy (non-hydrogen) atoms. The first-order valence-corrected chi connectivity index (χ1v) is 3.79. The van der Waals surface area contributed by atoms with Gasteiger partial charge in [0.2, 0.25) is 0 Å². The summed E-state index contributed by atoms with van der Waals surface area (Å²) < 4.78 is 12.7. The van der Waals surface area contributed by atoms with Gasteiger partial charge in [0.15, 0.2) is 0 Å². The van der Waals surface area contributed by atoms with E-state index in [9.17, 15) is 4.39 Å². The molecule has 0 bridgehead atoms. The average Bonchev–Trinajstić information content (AvgIpc) is 2.84. The number of hydrogen-bond acceptors (Lipinski definition) is 2. The minimum atomic E-state index is -0.422. The van der Waals surface area contributed by atoms with Gasteiger partial charge in [-0.2, -0.15) is 5.26 Å². The van der Waals surface area contributed by atoms with Crippen molar-refractivity contribution in [3.63, 3.8) is 0 Å². The Labute approximate surface area is 69.7 Å². The molecular formula is C9H7FN2. The normalized spacial score (nSPS) is 18.3. The Morgan fingerprint density at radius 1 is 1.50 bits per heavy atom. The van der Waals surface area contributed by atoms with Gasteiger partial charge in [0.05, 0.1) is 17.7 Å². The molecule has 0 radical (unpaired) electrons. The highest BCUT2D eigenvalue weighted by atomic mass is 19.1. The molecule has 1 saturated carbocycles. The lowest BCUT2D eigenvalue weighted by atomic mass is 10.0. The predicted molar refractivity (Wildman–Crippen MR) is 40.7 cm³/mol. The van der Waals surface area contributed by atoms with Crippen molar-refractivity contribution in [2.75, 3.05) is 0 Å². The molecule has 1 fully saturated rings. The molecule has 2 nitrogen and oxygen atoms in total. The third-order valence-electron chi connectivity index (χ3n) is 2.22. The molecule has 0 N–H and O–H groups in total. The highest BCUT2D eigenvalue weighted by molar-refractivity contribution is 5.36. The van der Waals surface area contributed by atoms with Gasteiger partial charge in [-0.05, 0) is 24.5 Å². The molecule has 0 saturated heterocycles. The summed E-state index contributed by atoms with van der Waals surface area (Å²) in [6.07, 6.45) is 4.37. The molecule has 0 unspecified atom stereocenters. The first-order valence-electron chi connectivity index (χ1n) is 3.79. The van der Waals surface area contributed by atoms with Crippen LogP contribution in [0.5, 0.6) is 0 Å². The number of nitrogens with zero attached hydrogens (tertiary/aromatic N) is 2. The van der Waals surface area contributed by atoms with Crippen molar-refractivity contribution in [1.29, 1.82) is 5.26 Å². The van der Waals surface area contributed by atoms with Crippen molar-refractivity contribution in [3.8, 4) is 6.07 Å². The number of rotatable bonds is 1. The van der Waals surface area contributed by atoms with Gasteiger partial charge >= 0.3 is 0 Å². The monoisotopic (exact) mass is 162 g/mol. The van der Waals surface area contributed by atoms with Crippen molar-refractivity contribution in [1.82, 2.24) is 4.98 Å². The van der Waals surface area contributed by atoms with Crippen molar-refractivity contribution >= 4 is 0 Å². The number of aromatic nitrogens is 1. The van der Waals surface area contributed by atoms with Gasteiger partial charge in [0, 0.05) is 6.20 Å². The van der Waals surface area contributed by atoms with E-state index in [-0.39, 0.29) is 5.82 Å². The lowest BCUT2D eigenvalue weighted by Crippen LogP contribution is -2.03. The standard InChI is InChI=1S/C9H7FN2/c10-8-3-7(4-12-5-8)9(6-11)1-2-9/h3-5H,1-2H2. The third-order valence-corrected chi connectivity index (χ3v) is 2.22. The number of halogens is 1. The molecular weight excluding hydrogens is 155 g/mol. The van der Waals surface area contributed by atoms with Crippen LogP contribution in [0.3, 0.4) is 0 Å². The predicted octanol–water partition coefficient (Wildman–Crippen LogP) is 1.78. The molecule has 2 rings (SSSR count). The largest absolute Gasteiger partial charge is 0.261 e. The second kappa shape index (κ2) is 2.28. The number of nitriles is 1. The van der Waals surface area contributed by atoms with Crippen LogP contribution in [0.25, 0.3) is 0 Å². The molecule has 1 heterocycles. The van der Waals surface area contributed by atoms with Gasteiger partial charge < -0.3 is 0 Å². The van der Waals surface area contributed by atoms with Crippen LogP contribution in [-0.4, -0.2) is 4.98 Å². The van der Waals surface area contributed by atoms with E-state index in [1.54, 1.807) is 6.20 Å². The zero-order chi connectivity index (χ0) is 8.60. The van der Waals surface area contributed by atoms with E-state index >= 15 is 0 Å². The average molecular weight is 162 g/mol. The molecule has 0 amide bonds. The minimum Gasteiger partial charge on any atom is -0.261 e. The third kappa shape index (κ3) is 0.964. The van der Waals surface area contributed by atoms with Gasteiger partial charge in [-0.25, -0.2) is 4.39 Å². The molecule has 3 heteroatoms. The summed E-state index contributed by atoms with van der Waals surface area (Å²) in [6.45, 7) is 0. The second-order valence-corrected chi connectivity index (χ2v) is 3.09. The minimum absolute atomic E-state index is 0.367. The van der Waals surface area contributed by atoms with E-state index in [1.165, 1.54) is 6.07 Å². The van der Waals surface area contributed by atoms with Crippen LogP contribution < -0.4 is 0 Å². The van der Waals surface area contributed by atoms with Crippen LogP contribution in [0.15, 0.2) is 18.5 Å². The highest BCUT2D eigenvalue weighted by Gasteiger charge is 2.45. The van der Waals surface area contributed by atoms with Crippen LogP contribution in [-0.2, 0) is 5.41 Å².